The van der Waals surface area contributed by atoms with Crippen molar-refractivity contribution in [1.82, 2.24) is 14.9 Å². The summed E-state index contributed by atoms with van der Waals surface area (Å²) >= 11 is 0. The van der Waals surface area contributed by atoms with Gasteiger partial charge in [0.05, 0.1) is 24.5 Å². The van der Waals surface area contributed by atoms with Gasteiger partial charge in [-0.1, -0.05) is 12.1 Å². The second-order valence-electron chi connectivity index (χ2n) is 6.62. The molecule has 6 heteroatoms. The summed E-state index contributed by atoms with van der Waals surface area (Å²) in [5.74, 6) is 0.767. The molecule has 1 aromatic heterocycles. The first kappa shape index (κ1) is 17.3. The maximum Gasteiger partial charge on any atom is 0.226 e. The summed E-state index contributed by atoms with van der Waals surface area (Å²) in [5.41, 5.74) is 7.37. The van der Waals surface area contributed by atoms with E-state index in [2.05, 4.69) is 9.97 Å². The Balaban J connectivity index is 1.52. The van der Waals surface area contributed by atoms with E-state index >= 15 is 0 Å². The fourth-order valence-electron chi connectivity index (χ4n) is 3.27. The first-order valence-electron chi connectivity index (χ1n) is 8.69. The normalized spacial score (nSPS) is 18.0. The number of carbonyl (C=O) groups is 1. The van der Waals surface area contributed by atoms with Crippen molar-refractivity contribution >= 4 is 11.7 Å². The van der Waals surface area contributed by atoms with E-state index in [9.17, 15) is 9.18 Å². The summed E-state index contributed by atoms with van der Waals surface area (Å²) in [6.07, 6.45) is 7.54. The summed E-state index contributed by atoms with van der Waals surface area (Å²) in [5, 5.41) is 0. The molecule has 1 saturated heterocycles. The molecule has 1 aliphatic rings. The molecule has 1 aliphatic heterocycles. The van der Waals surface area contributed by atoms with Crippen molar-refractivity contribution in [2.75, 3.05) is 18.8 Å². The molecule has 132 valence electrons. The van der Waals surface area contributed by atoms with Crippen molar-refractivity contribution < 1.29 is 9.18 Å². The van der Waals surface area contributed by atoms with Gasteiger partial charge in [-0.2, -0.15) is 0 Å². The average molecular weight is 342 g/mol. The van der Waals surface area contributed by atoms with Crippen LogP contribution in [0.4, 0.5) is 10.2 Å². The zero-order chi connectivity index (χ0) is 17.6. The highest BCUT2D eigenvalue weighted by molar-refractivity contribution is 5.78. The number of rotatable bonds is 4. The van der Waals surface area contributed by atoms with Gasteiger partial charge < -0.3 is 10.6 Å². The van der Waals surface area contributed by atoms with Gasteiger partial charge in [0.25, 0.3) is 0 Å². The molecule has 0 spiro atoms. The third-order valence-corrected chi connectivity index (χ3v) is 4.69. The summed E-state index contributed by atoms with van der Waals surface area (Å²) in [6, 6.07) is 6.14. The van der Waals surface area contributed by atoms with Gasteiger partial charge in [-0.3, -0.25) is 9.78 Å². The van der Waals surface area contributed by atoms with Crippen LogP contribution in [0.1, 0.15) is 30.5 Å². The van der Waals surface area contributed by atoms with Gasteiger partial charge in [-0.25, -0.2) is 9.37 Å². The van der Waals surface area contributed by atoms with Crippen LogP contribution < -0.4 is 5.73 Å². The number of hydrogen-bond donors (Lipinski definition) is 1. The molecule has 1 fully saturated rings. The summed E-state index contributed by atoms with van der Waals surface area (Å²) in [4.78, 5) is 22.8. The number of aromatic nitrogens is 2. The van der Waals surface area contributed by atoms with E-state index in [1.165, 1.54) is 12.1 Å². The predicted octanol–water partition coefficient (Wildman–Crippen LogP) is 2.61. The maximum absolute atomic E-state index is 13.0. The van der Waals surface area contributed by atoms with Crippen molar-refractivity contribution in [1.29, 1.82) is 0 Å². The number of carbonyl (C=O) groups excluding carboxylic acids is 1. The smallest absolute Gasteiger partial charge is 0.226 e. The Hall–Kier alpha value is -2.50. The molecular weight excluding hydrogens is 319 g/mol. The van der Waals surface area contributed by atoms with E-state index in [0.717, 1.165) is 50.0 Å². The Morgan fingerprint density at radius 3 is 2.68 bits per heavy atom. The number of hydrogen-bond acceptors (Lipinski definition) is 4. The van der Waals surface area contributed by atoms with Crippen LogP contribution in [-0.4, -0.2) is 33.9 Å². The van der Waals surface area contributed by atoms with Crippen molar-refractivity contribution in [3.63, 3.8) is 0 Å². The number of amides is 1. The van der Waals surface area contributed by atoms with Gasteiger partial charge in [0.2, 0.25) is 5.91 Å². The minimum atomic E-state index is -0.278. The number of halogens is 1. The molecule has 0 saturated carbocycles. The fourth-order valence-corrected chi connectivity index (χ4v) is 3.27. The number of nitrogen functional groups attached to an aromatic ring is 1. The second kappa shape index (κ2) is 8.05. The van der Waals surface area contributed by atoms with E-state index in [1.807, 2.05) is 4.90 Å². The van der Waals surface area contributed by atoms with Crippen LogP contribution >= 0.6 is 0 Å². The SMILES string of the molecule is Nc1cnc(CC2CCCN(C(=O)Cc3ccc(F)cc3)CC2)cn1. The minimum Gasteiger partial charge on any atom is -0.382 e. The highest BCUT2D eigenvalue weighted by atomic mass is 19.1. The van der Waals surface area contributed by atoms with Crippen LogP contribution in [0.5, 0.6) is 0 Å². The average Bonchev–Trinajstić information content (AvgIpc) is 2.85. The molecular formula is C19H23FN4O. The molecule has 2 heterocycles. The van der Waals surface area contributed by atoms with Crippen LogP contribution in [-0.2, 0) is 17.6 Å². The van der Waals surface area contributed by atoms with Gasteiger partial charge in [-0.15, -0.1) is 0 Å². The summed E-state index contributed by atoms with van der Waals surface area (Å²) in [7, 11) is 0. The molecule has 2 N–H and O–H groups in total. The Kier molecular flexibility index (Phi) is 5.58. The number of likely N-dealkylation sites (tertiary alicyclic amines) is 1. The number of nitrogens with zero attached hydrogens (tertiary/aromatic N) is 3. The van der Waals surface area contributed by atoms with Crippen LogP contribution in [0, 0.1) is 11.7 Å². The zero-order valence-electron chi connectivity index (χ0n) is 14.2. The van der Waals surface area contributed by atoms with Crippen LogP contribution in [0.25, 0.3) is 0 Å². The highest BCUT2D eigenvalue weighted by Gasteiger charge is 2.21. The van der Waals surface area contributed by atoms with Crippen LogP contribution in [0.3, 0.4) is 0 Å². The van der Waals surface area contributed by atoms with Crippen LogP contribution in [0.15, 0.2) is 36.7 Å². The van der Waals surface area contributed by atoms with E-state index < -0.39 is 0 Å². The largest absolute Gasteiger partial charge is 0.382 e. The molecule has 25 heavy (non-hydrogen) atoms. The molecule has 5 nitrogen and oxygen atoms in total. The lowest BCUT2D eigenvalue weighted by molar-refractivity contribution is -0.130. The van der Waals surface area contributed by atoms with Crippen molar-refractivity contribution in [2.45, 2.75) is 32.1 Å². The number of nitrogens with two attached hydrogens (primary N) is 1. The van der Waals surface area contributed by atoms with Crippen LogP contribution in [0.2, 0.25) is 0 Å². The summed E-state index contributed by atoms with van der Waals surface area (Å²) < 4.78 is 13.0. The second-order valence-corrected chi connectivity index (χ2v) is 6.62. The fraction of sp³-hybridized carbons (Fsp3) is 0.421. The first-order valence-corrected chi connectivity index (χ1v) is 8.69. The molecule has 1 unspecified atom stereocenters. The quantitative estimate of drug-likeness (QED) is 0.927. The lowest BCUT2D eigenvalue weighted by atomic mass is 9.95. The van der Waals surface area contributed by atoms with Gasteiger partial charge in [0.1, 0.15) is 11.6 Å². The van der Waals surface area contributed by atoms with Gasteiger partial charge >= 0.3 is 0 Å². The Morgan fingerprint density at radius 2 is 1.96 bits per heavy atom. The van der Waals surface area contributed by atoms with Crippen molar-refractivity contribution in [3.8, 4) is 0 Å². The van der Waals surface area contributed by atoms with Gasteiger partial charge in [0.15, 0.2) is 0 Å². The molecule has 0 aliphatic carbocycles. The molecule has 1 amide bonds. The Morgan fingerprint density at radius 1 is 1.16 bits per heavy atom. The monoisotopic (exact) mass is 342 g/mol. The highest BCUT2D eigenvalue weighted by Crippen LogP contribution is 2.21. The molecule has 0 radical (unpaired) electrons. The molecule has 3 rings (SSSR count). The number of benzene rings is 1. The molecule has 2 aromatic rings. The van der Waals surface area contributed by atoms with E-state index in [1.54, 1.807) is 24.5 Å². The lowest BCUT2D eigenvalue weighted by Gasteiger charge is -2.20. The standard InChI is InChI=1S/C19H23FN4O/c20-16-5-3-15(4-6-16)11-19(25)24-8-1-2-14(7-9-24)10-17-12-23-18(21)13-22-17/h3-6,12-14H,1-2,7-11H2,(H2,21,23). The Labute approximate surface area is 147 Å². The molecule has 1 atom stereocenters. The topological polar surface area (TPSA) is 72.1 Å². The lowest BCUT2D eigenvalue weighted by Crippen LogP contribution is -2.33. The Bertz CT molecular complexity index is 702. The number of anilines is 1. The minimum absolute atomic E-state index is 0.111. The van der Waals surface area contributed by atoms with Crippen molar-refractivity contribution in [3.05, 3.63) is 53.7 Å². The zero-order valence-corrected chi connectivity index (χ0v) is 14.2. The van der Waals surface area contributed by atoms with E-state index in [-0.39, 0.29) is 11.7 Å². The first-order chi connectivity index (χ1) is 12.1. The van der Waals surface area contributed by atoms with Crippen molar-refractivity contribution in [2.24, 2.45) is 5.92 Å². The maximum atomic E-state index is 13.0. The predicted molar refractivity (Wildman–Crippen MR) is 94.2 cm³/mol. The molecule has 0 bridgehead atoms. The van der Waals surface area contributed by atoms with Gasteiger partial charge in [-0.05, 0) is 49.3 Å². The summed E-state index contributed by atoms with van der Waals surface area (Å²) in [6.45, 7) is 1.54. The van der Waals surface area contributed by atoms with Gasteiger partial charge in [0, 0.05) is 13.1 Å². The molecule has 1 aromatic carbocycles. The third-order valence-electron chi connectivity index (χ3n) is 4.69. The van der Waals surface area contributed by atoms with E-state index in [0.29, 0.717) is 18.2 Å². The van der Waals surface area contributed by atoms with E-state index in [4.69, 9.17) is 5.73 Å². The third kappa shape index (κ3) is 4.98.